The minimum atomic E-state index is -0.389. The lowest BCUT2D eigenvalue weighted by Gasteiger charge is -2.18. The lowest BCUT2D eigenvalue weighted by Crippen LogP contribution is -2.39. The summed E-state index contributed by atoms with van der Waals surface area (Å²) in [6.07, 6.45) is 0.239. The summed E-state index contributed by atoms with van der Waals surface area (Å²) >= 11 is 0. The van der Waals surface area contributed by atoms with Gasteiger partial charge in [0.2, 0.25) is 5.91 Å². The number of methoxy groups -OCH3 is 1. The summed E-state index contributed by atoms with van der Waals surface area (Å²) < 4.78 is 5.12. The molecule has 0 bridgehead atoms. The van der Waals surface area contributed by atoms with Gasteiger partial charge in [-0.1, -0.05) is 0 Å². The van der Waals surface area contributed by atoms with Gasteiger partial charge in [-0.3, -0.25) is 9.59 Å². The third-order valence-corrected chi connectivity index (χ3v) is 4.39. The Morgan fingerprint density at radius 2 is 1.74 bits per heavy atom. The maximum absolute atomic E-state index is 12.3. The highest BCUT2D eigenvalue weighted by atomic mass is 16.5. The van der Waals surface area contributed by atoms with E-state index in [1.54, 1.807) is 48.4 Å². The minimum Gasteiger partial charge on any atom is -0.497 e. The Kier molecular flexibility index (Phi) is 5.40. The highest BCUT2D eigenvalue weighted by Crippen LogP contribution is 2.24. The first-order valence-electron chi connectivity index (χ1n) is 8.59. The van der Waals surface area contributed by atoms with Crippen molar-refractivity contribution in [2.24, 2.45) is 0 Å². The van der Waals surface area contributed by atoms with Crippen LogP contribution >= 0.6 is 0 Å². The van der Waals surface area contributed by atoms with Crippen LogP contribution in [0.5, 0.6) is 5.75 Å². The smallest absolute Gasteiger partial charge is 0.319 e. The Morgan fingerprint density at radius 1 is 1.07 bits per heavy atom. The van der Waals surface area contributed by atoms with Gasteiger partial charge in [-0.05, 0) is 55.5 Å². The Labute approximate surface area is 157 Å². The second kappa shape index (κ2) is 7.90. The first-order chi connectivity index (χ1) is 13.0. The summed E-state index contributed by atoms with van der Waals surface area (Å²) in [5, 5.41) is 5.53. The van der Waals surface area contributed by atoms with Crippen LogP contribution in [0.4, 0.5) is 16.2 Å². The molecule has 0 radical (unpaired) electrons. The largest absolute Gasteiger partial charge is 0.497 e. The quantitative estimate of drug-likeness (QED) is 0.796. The molecule has 0 aliphatic carbocycles. The van der Waals surface area contributed by atoms with Crippen molar-refractivity contribution in [2.45, 2.75) is 19.4 Å². The van der Waals surface area contributed by atoms with Crippen molar-refractivity contribution in [1.82, 2.24) is 5.32 Å². The van der Waals surface area contributed by atoms with Crippen molar-refractivity contribution in [3.05, 3.63) is 54.1 Å². The van der Waals surface area contributed by atoms with Gasteiger partial charge in [-0.25, -0.2) is 4.79 Å². The fraction of sp³-hybridized carbons (Fsp3) is 0.250. The fourth-order valence-electron chi connectivity index (χ4n) is 2.96. The van der Waals surface area contributed by atoms with Crippen molar-refractivity contribution in [2.75, 3.05) is 23.9 Å². The lowest BCUT2D eigenvalue weighted by molar-refractivity contribution is -0.117. The van der Waals surface area contributed by atoms with Gasteiger partial charge in [0.05, 0.1) is 13.2 Å². The number of carbonyl (C=O) groups excluding carboxylic acids is 3. The molecule has 0 saturated carbocycles. The zero-order chi connectivity index (χ0) is 19.4. The Hall–Kier alpha value is -3.35. The Morgan fingerprint density at radius 3 is 2.33 bits per heavy atom. The summed E-state index contributed by atoms with van der Waals surface area (Å²) in [6, 6.07) is 13.2. The van der Waals surface area contributed by atoms with E-state index in [-0.39, 0.29) is 30.2 Å². The molecule has 3 rings (SSSR count). The highest BCUT2D eigenvalue weighted by Gasteiger charge is 2.31. The van der Waals surface area contributed by atoms with E-state index in [2.05, 4.69) is 10.6 Å². The van der Waals surface area contributed by atoms with Gasteiger partial charge in [0.1, 0.15) is 5.75 Å². The molecular weight excluding hydrogens is 346 g/mol. The molecule has 2 aromatic carbocycles. The first kappa shape index (κ1) is 18.4. The molecule has 7 heteroatoms. The number of Topliss-reactive ketones (excluding diaryl/α,β-unsaturated/α-hetero) is 1. The van der Waals surface area contributed by atoms with E-state index in [0.29, 0.717) is 17.8 Å². The molecule has 1 heterocycles. The highest BCUT2D eigenvalue weighted by molar-refractivity contribution is 5.98. The summed E-state index contributed by atoms with van der Waals surface area (Å²) in [5.41, 5.74) is 1.93. The van der Waals surface area contributed by atoms with E-state index in [1.807, 2.05) is 12.1 Å². The van der Waals surface area contributed by atoms with Crippen LogP contribution < -0.4 is 20.3 Å². The number of hydrogen-bond donors (Lipinski definition) is 2. The summed E-state index contributed by atoms with van der Waals surface area (Å²) in [6.45, 7) is 1.89. The molecule has 1 aliphatic heterocycles. The monoisotopic (exact) mass is 367 g/mol. The average molecular weight is 367 g/mol. The van der Waals surface area contributed by atoms with Gasteiger partial charge >= 0.3 is 6.03 Å². The van der Waals surface area contributed by atoms with Gasteiger partial charge in [-0.15, -0.1) is 0 Å². The van der Waals surface area contributed by atoms with Crippen molar-refractivity contribution >= 4 is 29.1 Å². The number of rotatable bonds is 5. The zero-order valence-electron chi connectivity index (χ0n) is 15.2. The predicted molar refractivity (Wildman–Crippen MR) is 102 cm³/mol. The second-order valence-electron chi connectivity index (χ2n) is 6.34. The molecule has 0 spiro atoms. The number of amides is 3. The molecule has 7 nitrogen and oxygen atoms in total. The van der Waals surface area contributed by atoms with Gasteiger partial charge in [0.15, 0.2) is 5.78 Å². The van der Waals surface area contributed by atoms with E-state index >= 15 is 0 Å². The number of nitrogens with zero attached hydrogens (tertiary/aromatic N) is 1. The molecule has 0 unspecified atom stereocenters. The van der Waals surface area contributed by atoms with Crippen LogP contribution in [-0.2, 0) is 4.79 Å². The maximum atomic E-state index is 12.3. The lowest BCUT2D eigenvalue weighted by atomic mass is 10.1. The number of nitrogens with one attached hydrogen (secondary N) is 2. The molecule has 27 heavy (non-hydrogen) atoms. The number of anilines is 2. The number of hydrogen-bond acceptors (Lipinski definition) is 4. The summed E-state index contributed by atoms with van der Waals surface area (Å²) in [5.74, 6) is 0.639. The molecule has 2 N–H and O–H groups in total. The van der Waals surface area contributed by atoms with Crippen LogP contribution in [0.2, 0.25) is 0 Å². The number of ether oxygens (including phenoxy) is 1. The SMILES string of the molecule is COc1ccc(N2C[C@H](NC(=O)Nc3ccc(C(C)=O)cc3)CC2=O)cc1. The third kappa shape index (κ3) is 4.44. The second-order valence-corrected chi connectivity index (χ2v) is 6.34. The molecule has 140 valence electrons. The number of urea groups is 1. The third-order valence-electron chi connectivity index (χ3n) is 4.39. The number of carbonyl (C=O) groups is 3. The van der Waals surface area contributed by atoms with Crippen LogP contribution in [-0.4, -0.2) is 37.4 Å². The molecule has 1 atom stereocenters. The van der Waals surface area contributed by atoms with Crippen molar-refractivity contribution < 1.29 is 19.1 Å². The fourth-order valence-corrected chi connectivity index (χ4v) is 2.96. The van der Waals surface area contributed by atoms with E-state index in [9.17, 15) is 14.4 Å². The summed E-state index contributed by atoms with van der Waals surface area (Å²) in [4.78, 5) is 37.4. The molecule has 0 aromatic heterocycles. The van der Waals surface area contributed by atoms with Crippen LogP contribution in [0.3, 0.4) is 0 Å². The molecule has 1 saturated heterocycles. The van der Waals surface area contributed by atoms with Crippen LogP contribution in [0.15, 0.2) is 48.5 Å². The molecule has 1 aliphatic rings. The topological polar surface area (TPSA) is 87.7 Å². The normalized spacial score (nSPS) is 16.1. The van der Waals surface area contributed by atoms with E-state index in [4.69, 9.17) is 4.74 Å². The van der Waals surface area contributed by atoms with Crippen LogP contribution in [0.25, 0.3) is 0 Å². The molecular formula is C20H21N3O4. The average Bonchev–Trinajstić information content (AvgIpc) is 3.02. The Balaban J connectivity index is 1.57. The zero-order valence-corrected chi connectivity index (χ0v) is 15.2. The predicted octanol–water partition coefficient (Wildman–Crippen LogP) is 2.82. The van der Waals surface area contributed by atoms with Crippen LogP contribution in [0, 0.1) is 0 Å². The van der Waals surface area contributed by atoms with E-state index in [1.165, 1.54) is 6.92 Å². The Bertz CT molecular complexity index is 847. The van der Waals surface area contributed by atoms with Gasteiger partial charge < -0.3 is 20.3 Å². The van der Waals surface area contributed by atoms with Crippen LogP contribution in [0.1, 0.15) is 23.7 Å². The molecule has 3 amide bonds. The number of ketones is 1. The molecule has 1 fully saturated rings. The molecule has 2 aromatic rings. The van der Waals surface area contributed by atoms with Gasteiger partial charge in [-0.2, -0.15) is 0 Å². The van der Waals surface area contributed by atoms with Crippen molar-refractivity contribution in [3.63, 3.8) is 0 Å². The van der Waals surface area contributed by atoms with Gasteiger partial charge in [0, 0.05) is 29.9 Å². The number of benzene rings is 2. The van der Waals surface area contributed by atoms with E-state index in [0.717, 1.165) is 11.4 Å². The van der Waals surface area contributed by atoms with Gasteiger partial charge in [0.25, 0.3) is 0 Å². The summed E-state index contributed by atoms with van der Waals surface area (Å²) in [7, 11) is 1.59. The standard InChI is InChI=1S/C20H21N3O4/c1-13(24)14-3-5-15(6-4-14)21-20(26)22-16-11-19(25)23(12-16)17-7-9-18(27-2)10-8-17/h3-10,16H,11-12H2,1-2H3,(H2,21,22,26)/t16-/m1/s1. The van der Waals surface area contributed by atoms with Crippen molar-refractivity contribution in [1.29, 1.82) is 0 Å². The maximum Gasteiger partial charge on any atom is 0.319 e. The first-order valence-corrected chi connectivity index (χ1v) is 8.59. The minimum absolute atomic E-state index is 0.0332. The van der Waals surface area contributed by atoms with Crippen molar-refractivity contribution in [3.8, 4) is 5.75 Å². The van der Waals surface area contributed by atoms with E-state index < -0.39 is 0 Å².